The highest BCUT2D eigenvalue weighted by Crippen LogP contribution is 2.25. The second-order valence-electron chi connectivity index (χ2n) is 4.61. The molecule has 0 atom stereocenters. The summed E-state index contributed by atoms with van der Waals surface area (Å²) in [5.74, 6) is 0.624. The molecule has 2 aromatic heterocycles. The van der Waals surface area contributed by atoms with Crippen LogP contribution in [-0.4, -0.2) is 25.7 Å². The molecule has 0 saturated carbocycles. The normalized spacial score (nSPS) is 11.0. The number of aromatic nitrogens is 4. The average Bonchev–Trinajstić information content (AvgIpc) is 3.03. The molecule has 22 heavy (non-hydrogen) atoms. The fourth-order valence-electron chi connectivity index (χ4n) is 1.87. The van der Waals surface area contributed by atoms with Crippen LogP contribution in [-0.2, 0) is 11.2 Å². The largest absolute Gasteiger partial charge is 0.326 e. The molecule has 9 heteroatoms. The Morgan fingerprint density at radius 2 is 2.14 bits per heavy atom. The summed E-state index contributed by atoms with van der Waals surface area (Å²) in [4.78, 5) is 12.7. The number of carbonyl (C=O) groups is 1. The van der Waals surface area contributed by atoms with Crippen molar-refractivity contribution in [2.75, 3.05) is 5.32 Å². The first-order chi connectivity index (χ1) is 10.5. The van der Waals surface area contributed by atoms with Crippen LogP contribution >= 0.6 is 34.5 Å². The molecular formula is C13H11Cl2N5OS. The molecule has 0 spiro atoms. The lowest BCUT2D eigenvalue weighted by Gasteiger charge is -2.05. The number of aryl methyl sites for hydroxylation is 2. The van der Waals surface area contributed by atoms with E-state index in [-0.39, 0.29) is 5.91 Å². The Bertz CT molecular complexity index is 844. The number of hydrogen-bond donors (Lipinski definition) is 1. The number of benzene rings is 1. The topological polar surface area (TPSA) is 72.2 Å². The fourth-order valence-corrected chi connectivity index (χ4v) is 3.05. The van der Waals surface area contributed by atoms with E-state index in [1.165, 1.54) is 11.3 Å². The minimum atomic E-state index is -0.110. The van der Waals surface area contributed by atoms with Crippen molar-refractivity contribution in [1.82, 2.24) is 19.8 Å². The first-order valence-corrected chi connectivity index (χ1v) is 8.03. The Kier molecular flexibility index (Phi) is 4.28. The molecule has 1 N–H and O–H groups in total. The van der Waals surface area contributed by atoms with Gasteiger partial charge in [0, 0.05) is 18.5 Å². The van der Waals surface area contributed by atoms with Crippen molar-refractivity contribution in [1.29, 1.82) is 0 Å². The van der Waals surface area contributed by atoms with Crippen LogP contribution in [0.15, 0.2) is 18.2 Å². The Morgan fingerprint density at radius 1 is 1.32 bits per heavy atom. The van der Waals surface area contributed by atoms with Gasteiger partial charge in [-0.3, -0.25) is 4.79 Å². The summed E-state index contributed by atoms with van der Waals surface area (Å²) in [5.41, 5.74) is 0.619. The number of nitrogens with one attached hydrogen (secondary N) is 1. The van der Waals surface area contributed by atoms with Crippen LogP contribution in [0.25, 0.3) is 4.96 Å². The number of fused-ring (bicyclic) bond motifs is 1. The zero-order valence-electron chi connectivity index (χ0n) is 11.5. The van der Waals surface area contributed by atoms with Crippen LogP contribution in [0.5, 0.6) is 0 Å². The molecule has 6 nitrogen and oxygen atoms in total. The van der Waals surface area contributed by atoms with Gasteiger partial charge in [-0.05, 0) is 25.1 Å². The number of anilines is 1. The van der Waals surface area contributed by atoms with Gasteiger partial charge in [0.15, 0.2) is 5.82 Å². The highest BCUT2D eigenvalue weighted by molar-refractivity contribution is 7.16. The van der Waals surface area contributed by atoms with Gasteiger partial charge in [-0.15, -0.1) is 10.2 Å². The fraction of sp³-hybridized carbons (Fsp3) is 0.231. The molecule has 3 rings (SSSR count). The summed E-state index contributed by atoms with van der Waals surface area (Å²) in [6, 6.07) is 4.97. The van der Waals surface area contributed by atoms with Gasteiger partial charge in [-0.2, -0.15) is 9.61 Å². The summed E-state index contributed by atoms with van der Waals surface area (Å²) < 4.78 is 1.68. The van der Waals surface area contributed by atoms with Gasteiger partial charge < -0.3 is 5.32 Å². The number of amides is 1. The Labute approximate surface area is 140 Å². The van der Waals surface area contributed by atoms with E-state index in [4.69, 9.17) is 23.2 Å². The molecule has 2 heterocycles. The smallest absolute Gasteiger partial charge is 0.234 e. The third-order valence-corrected chi connectivity index (χ3v) is 4.66. The van der Waals surface area contributed by atoms with E-state index < -0.39 is 0 Å². The van der Waals surface area contributed by atoms with Crippen molar-refractivity contribution in [3.05, 3.63) is 39.1 Å². The molecule has 1 amide bonds. The number of halogens is 2. The van der Waals surface area contributed by atoms with Crippen LogP contribution in [0, 0.1) is 6.92 Å². The van der Waals surface area contributed by atoms with E-state index in [2.05, 4.69) is 20.6 Å². The molecule has 0 aliphatic heterocycles. The van der Waals surface area contributed by atoms with E-state index in [9.17, 15) is 4.79 Å². The van der Waals surface area contributed by atoms with Crippen molar-refractivity contribution in [3.63, 3.8) is 0 Å². The number of hydrogen-bond acceptors (Lipinski definition) is 5. The van der Waals surface area contributed by atoms with Crippen LogP contribution in [0.3, 0.4) is 0 Å². The molecule has 0 bridgehead atoms. The van der Waals surface area contributed by atoms with Crippen molar-refractivity contribution in [3.8, 4) is 0 Å². The summed E-state index contributed by atoms with van der Waals surface area (Å²) in [5, 5.41) is 16.8. The van der Waals surface area contributed by atoms with E-state index in [0.717, 1.165) is 15.8 Å². The summed E-state index contributed by atoms with van der Waals surface area (Å²) >= 11 is 13.2. The minimum Gasteiger partial charge on any atom is -0.326 e. The van der Waals surface area contributed by atoms with Gasteiger partial charge in [-0.1, -0.05) is 34.5 Å². The maximum Gasteiger partial charge on any atom is 0.234 e. The lowest BCUT2D eigenvalue weighted by atomic mass is 10.2. The Hall–Kier alpha value is -1.70. The van der Waals surface area contributed by atoms with Gasteiger partial charge in [0.2, 0.25) is 10.9 Å². The van der Waals surface area contributed by atoms with Crippen LogP contribution in [0.2, 0.25) is 10.0 Å². The zero-order chi connectivity index (χ0) is 15.7. The third kappa shape index (κ3) is 3.21. The number of carbonyl (C=O) groups excluding carboxylic acids is 1. The molecule has 0 unspecified atom stereocenters. The number of rotatable bonds is 4. The monoisotopic (exact) mass is 355 g/mol. The first-order valence-electron chi connectivity index (χ1n) is 6.45. The third-order valence-electron chi connectivity index (χ3n) is 2.96. The number of nitrogens with zero attached hydrogens (tertiary/aromatic N) is 4. The maximum absolute atomic E-state index is 12.0. The highest BCUT2D eigenvalue weighted by Gasteiger charge is 2.11. The van der Waals surface area contributed by atoms with E-state index in [0.29, 0.717) is 28.6 Å². The predicted molar refractivity (Wildman–Crippen MR) is 86.8 cm³/mol. The van der Waals surface area contributed by atoms with E-state index in [1.807, 2.05) is 6.92 Å². The van der Waals surface area contributed by atoms with E-state index >= 15 is 0 Å². The average molecular weight is 356 g/mol. The Morgan fingerprint density at radius 3 is 2.86 bits per heavy atom. The molecule has 114 valence electrons. The van der Waals surface area contributed by atoms with Crippen LogP contribution in [0.4, 0.5) is 5.69 Å². The summed E-state index contributed by atoms with van der Waals surface area (Å²) in [7, 11) is 0. The van der Waals surface area contributed by atoms with Crippen molar-refractivity contribution in [2.24, 2.45) is 0 Å². The van der Waals surface area contributed by atoms with Crippen LogP contribution < -0.4 is 5.32 Å². The molecule has 3 aromatic rings. The zero-order valence-corrected chi connectivity index (χ0v) is 13.8. The molecule has 1 aromatic carbocycles. The van der Waals surface area contributed by atoms with Crippen molar-refractivity contribution < 1.29 is 4.79 Å². The molecule has 0 radical (unpaired) electrons. The summed E-state index contributed by atoms with van der Waals surface area (Å²) in [6.45, 7) is 1.83. The van der Waals surface area contributed by atoms with Gasteiger partial charge in [-0.25, -0.2) is 0 Å². The van der Waals surface area contributed by atoms with Gasteiger partial charge in [0.05, 0.1) is 10.0 Å². The molecule has 0 fully saturated rings. The van der Waals surface area contributed by atoms with Crippen LogP contribution in [0.1, 0.15) is 17.3 Å². The van der Waals surface area contributed by atoms with Crippen molar-refractivity contribution in [2.45, 2.75) is 19.8 Å². The SMILES string of the molecule is Cc1nnc2sc(CCC(=O)Nc3ccc(Cl)c(Cl)c3)nn12. The maximum atomic E-state index is 12.0. The second kappa shape index (κ2) is 6.20. The molecule has 0 aliphatic carbocycles. The lowest BCUT2D eigenvalue weighted by Crippen LogP contribution is -2.12. The molecule has 0 saturated heterocycles. The predicted octanol–water partition coefficient (Wildman–Crippen LogP) is 3.37. The van der Waals surface area contributed by atoms with Gasteiger partial charge in [0.25, 0.3) is 0 Å². The molecule has 0 aliphatic rings. The lowest BCUT2D eigenvalue weighted by molar-refractivity contribution is -0.116. The summed E-state index contributed by atoms with van der Waals surface area (Å²) in [6.07, 6.45) is 0.865. The minimum absolute atomic E-state index is 0.110. The van der Waals surface area contributed by atoms with Gasteiger partial charge in [0.1, 0.15) is 5.01 Å². The highest BCUT2D eigenvalue weighted by atomic mass is 35.5. The second-order valence-corrected chi connectivity index (χ2v) is 6.47. The Balaban J connectivity index is 1.60. The van der Waals surface area contributed by atoms with Gasteiger partial charge >= 0.3 is 0 Å². The van der Waals surface area contributed by atoms with E-state index in [1.54, 1.807) is 22.7 Å². The first kappa shape index (κ1) is 15.2. The quantitative estimate of drug-likeness (QED) is 0.778. The molecular weight excluding hydrogens is 345 g/mol. The standard InChI is InChI=1S/C13H11Cl2N5OS/c1-7-17-18-13-20(7)19-12(22-13)5-4-11(21)16-8-2-3-9(14)10(15)6-8/h2-3,6H,4-5H2,1H3,(H,16,21). The van der Waals surface area contributed by atoms with Crippen molar-refractivity contribution >= 4 is 51.1 Å².